The van der Waals surface area contributed by atoms with E-state index >= 15 is 0 Å². The monoisotopic (exact) mass is 172 g/mol. The molecule has 2 nitrogen and oxygen atoms in total. The summed E-state index contributed by atoms with van der Waals surface area (Å²) >= 11 is 0. The van der Waals surface area contributed by atoms with E-state index in [0.717, 1.165) is 12.8 Å². The fourth-order valence-electron chi connectivity index (χ4n) is 1.11. The Balaban J connectivity index is 4.47. The molecule has 0 aliphatic rings. The Morgan fingerprint density at radius 1 is 0.917 bits per heavy atom. The summed E-state index contributed by atoms with van der Waals surface area (Å²) in [5.74, 6) is 0. The van der Waals surface area contributed by atoms with E-state index in [-0.39, 0.29) is 11.1 Å². The molecule has 0 aliphatic heterocycles. The maximum absolute atomic E-state index is 11.9. The fraction of sp³-hybridized carbons (Fsp3) is 1.00. The van der Waals surface area contributed by atoms with Gasteiger partial charge in [0.05, 0.1) is 0 Å². The van der Waals surface area contributed by atoms with Gasteiger partial charge in [0.2, 0.25) is 0 Å². The van der Waals surface area contributed by atoms with Crippen molar-refractivity contribution in [3.63, 3.8) is 0 Å². The van der Waals surface area contributed by atoms with E-state index in [1.807, 2.05) is 27.7 Å². The molecule has 0 aromatic carbocycles. The Bertz CT molecular complexity index is 125. The molecule has 12 heavy (non-hydrogen) atoms. The van der Waals surface area contributed by atoms with E-state index < -0.39 is 0 Å². The van der Waals surface area contributed by atoms with E-state index in [4.69, 9.17) is 0 Å². The predicted octanol–water partition coefficient (Wildman–Crippen LogP) is 3.01. The molecule has 73 valence electrons. The summed E-state index contributed by atoms with van der Waals surface area (Å²) in [4.78, 5) is 0. The zero-order valence-corrected chi connectivity index (χ0v) is 9.27. The van der Waals surface area contributed by atoms with Crippen LogP contribution in [0, 0.1) is 0 Å². The fourth-order valence-corrected chi connectivity index (χ4v) is 1.11. The van der Waals surface area contributed by atoms with Crippen LogP contribution in [0.4, 0.5) is 0 Å². The summed E-state index contributed by atoms with van der Waals surface area (Å²) in [6, 6.07) is 0. The first kappa shape index (κ1) is 11.9. The van der Waals surface area contributed by atoms with Crippen molar-refractivity contribution >= 4 is 0 Å². The molecule has 0 heterocycles. The van der Waals surface area contributed by atoms with Crippen molar-refractivity contribution in [2.45, 2.75) is 65.5 Å². The highest BCUT2D eigenvalue weighted by Gasteiger charge is 2.35. The van der Waals surface area contributed by atoms with Gasteiger partial charge in [0, 0.05) is 11.1 Å². The molecule has 0 spiro atoms. The van der Waals surface area contributed by atoms with Gasteiger partial charge in [0.25, 0.3) is 0 Å². The zero-order valence-electron chi connectivity index (χ0n) is 9.27. The lowest BCUT2D eigenvalue weighted by Crippen LogP contribution is -2.52. The highest BCUT2D eigenvalue weighted by atomic mass is 16.5. The minimum absolute atomic E-state index is 0.237. The van der Waals surface area contributed by atoms with E-state index in [2.05, 4.69) is 13.8 Å². The van der Waals surface area contributed by atoms with Gasteiger partial charge < -0.3 is 0 Å². The van der Waals surface area contributed by atoms with Crippen LogP contribution >= 0.6 is 0 Å². The largest absolute Gasteiger partial charge is 0.144 e. The maximum Gasteiger partial charge on any atom is 0.0441 e. The van der Waals surface area contributed by atoms with Crippen molar-refractivity contribution in [3.8, 4) is 0 Å². The van der Waals surface area contributed by atoms with Crippen LogP contribution in [0.25, 0.3) is 0 Å². The third kappa shape index (κ3) is 2.46. The summed E-state index contributed by atoms with van der Waals surface area (Å²) in [6.45, 7) is 12.1. The predicted molar refractivity (Wildman–Crippen MR) is 51.3 cm³/mol. The molecule has 2 heteroatoms. The van der Waals surface area contributed by atoms with Crippen LogP contribution in [0.15, 0.2) is 0 Å². The molecular formula is C10H22NO. The minimum Gasteiger partial charge on any atom is -0.144 e. The summed E-state index contributed by atoms with van der Waals surface area (Å²) in [5.41, 5.74) is -0.473. The van der Waals surface area contributed by atoms with Gasteiger partial charge in [-0.3, -0.25) is 0 Å². The molecule has 0 atom stereocenters. The van der Waals surface area contributed by atoms with Gasteiger partial charge in [0.1, 0.15) is 0 Å². The molecule has 0 unspecified atom stereocenters. The maximum atomic E-state index is 11.9. The molecule has 0 aromatic heterocycles. The highest BCUT2D eigenvalue weighted by Crippen LogP contribution is 2.27. The van der Waals surface area contributed by atoms with E-state index in [1.54, 1.807) is 0 Å². The van der Waals surface area contributed by atoms with Gasteiger partial charge in [-0.25, -0.2) is 0 Å². The average molecular weight is 172 g/mol. The topological polar surface area (TPSA) is 23.1 Å². The van der Waals surface area contributed by atoms with Crippen molar-refractivity contribution in [1.29, 1.82) is 0 Å². The van der Waals surface area contributed by atoms with Gasteiger partial charge in [-0.1, -0.05) is 13.8 Å². The van der Waals surface area contributed by atoms with Crippen LogP contribution < -0.4 is 0 Å². The van der Waals surface area contributed by atoms with Crippen molar-refractivity contribution in [3.05, 3.63) is 0 Å². The standard InChI is InChI=1S/C10H22NO/c1-7-9(3,4)11(12)10(5,6)8-2/h7-8H2,1-6H3. The third-order valence-corrected chi connectivity index (χ3v) is 2.83. The molecule has 0 fully saturated rings. The normalized spacial score (nSPS) is 14.0. The van der Waals surface area contributed by atoms with Crippen molar-refractivity contribution < 1.29 is 5.21 Å². The smallest absolute Gasteiger partial charge is 0.0441 e. The molecule has 0 amide bonds. The summed E-state index contributed by atoms with van der Waals surface area (Å²) in [6.07, 6.45) is 1.78. The van der Waals surface area contributed by atoms with Gasteiger partial charge >= 0.3 is 0 Å². The highest BCUT2D eigenvalue weighted by molar-refractivity contribution is 4.84. The second kappa shape index (κ2) is 3.75. The SMILES string of the molecule is CCC(C)(C)N([O])C(C)(C)CC. The molecule has 0 aliphatic carbocycles. The lowest BCUT2D eigenvalue weighted by molar-refractivity contribution is -0.272. The number of rotatable bonds is 4. The number of hydrogen-bond acceptors (Lipinski definition) is 1. The first-order chi connectivity index (χ1) is 5.28. The second-order valence-corrected chi connectivity index (χ2v) is 4.63. The first-order valence-electron chi connectivity index (χ1n) is 4.75. The third-order valence-electron chi connectivity index (χ3n) is 2.83. The summed E-state index contributed by atoms with van der Waals surface area (Å²) in [7, 11) is 0. The molecule has 0 rings (SSSR count). The van der Waals surface area contributed by atoms with Gasteiger partial charge in [0.15, 0.2) is 0 Å². The van der Waals surface area contributed by atoms with Gasteiger partial charge in [-0.15, -0.1) is 10.3 Å². The molecule has 0 N–H and O–H groups in total. The Morgan fingerprint density at radius 2 is 1.17 bits per heavy atom. The number of nitrogens with zero attached hydrogens (tertiary/aromatic N) is 1. The van der Waals surface area contributed by atoms with Gasteiger partial charge in [-0.2, -0.15) is 0 Å². The van der Waals surface area contributed by atoms with Crippen LogP contribution in [0.3, 0.4) is 0 Å². The minimum atomic E-state index is -0.237. The first-order valence-corrected chi connectivity index (χ1v) is 4.75. The van der Waals surface area contributed by atoms with Crippen LogP contribution in [0.1, 0.15) is 54.4 Å². The quantitative estimate of drug-likeness (QED) is 0.598. The Hall–Kier alpha value is -0.0800. The van der Waals surface area contributed by atoms with Crippen LogP contribution in [-0.2, 0) is 5.21 Å². The Kier molecular flexibility index (Phi) is 3.73. The van der Waals surface area contributed by atoms with Crippen molar-refractivity contribution in [2.75, 3.05) is 0 Å². The Morgan fingerprint density at radius 3 is 1.33 bits per heavy atom. The Labute approximate surface area is 76.5 Å². The summed E-state index contributed by atoms with van der Waals surface area (Å²) < 4.78 is 0. The lowest BCUT2D eigenvalue weighted by Gasteiger charge is -2.41. The van der Waals surface area contributed by atoms with E-state index in [1.165, 1.54) is 5.06 Å². The van der Waals surface area contributed by atoms with E-state index in [9.17, 15) is 5.21 Å². The van der Waals surface area contributed by atoms with Crippen LogP contribution in [0.5, 0.6) is 0 Å². The summed E-state index contributed by atoms with van der Waals surface area (Å²) in [5, 5.41) is 13.1. The lowest BCUT2D eigenvalue weighted by atomic mass is 9.92. The zero-order chi connectivity index (χ0) is 9.99. The van der Waals surface area contributed by atoms with Crippen molar-refractivity contribution in [1.82, 2.24) is 5.06 Å². The molecule has 1 radical (unpaired) electrons. The van der Waals surface area contributed by atoms with Crippen molar-refractivity contribution in [2.24, 2.45) is 0 Å². The van der Waals surface area contributed by atoms with Crippen LogP contribution in [-0.4, -0.2) is 16.1 Å². The number of hydrogen-bond donors (Lipinski definition) is 0. The number of hydroxylamine groups is 2. The second-order valence-electron chi connectivity index (χ2n) is 4.63. The molecule has 0 saturated carbocycles. The molecule has 0 bridgehead atoms. The average Bonchev–Trinajstić information content (AvgIpc) is 2.03. The molecule has 0 aromatic rings. The van der Waals surface area contributed by atoms with Gasteiger partial charge in [-0.05, 0) is 40.5 Å². The molecular weight excluding hydrogens is 150 g/mol. The van der Waals surface area contributed by atoms with Crippen LogP contribution in [0.2, 0.25) is 0 Å². The molecule has 0 saturated heterocycles. The van der Waals surface area contributed by atoms with E-state index in [0.29, 0.717) is 0 Å².